The number of nitro benzene ring substituents is 1. The lowest BCUT2D eigenvalue weighted by molar-refractivity contribution is -0.384. The molecule has 3 aromatic rings. The number of benzene rings is 3. The van der Waals surface area contributed by atoms with Gasteiger partial charge in [-0.1, -0.05) is 24.3 Å². The maximum absolute atomic E-state index is 14.4. The molecule has 0 N–H and O–H groups in total. The molecule has 4 rings (SSSR count). The van der Waals surface area contributed by atoms with Gasteiger partial charge in [0.15, 0.2) is 0 Å². The topological polar surface area (TPSA) is 66.7 Å². The van der Waals surface area contributed by atoms with E-state index in [1.54, 1.807) is 23.1 Å². The number of halogens is 2. The Hall–Kier alpha value is -3.65. The number of non-ortho nitro benzene ring substituents is 1. The van der Waals surface area contributed by atoms with Crippen molar-refractivity contribution in [3.8, 4) is 0 Å². The number of hydrogen-bond acceptors (Lipinski definition) is 4. The first kappa shape index (κ1) is 22.5. The van der Waals surface area contributed by atoms with Gasteiger partial charge in [0.05, 0.1) is 10.5 Å². The highest BCUT2D eigenvalue weighted by Crippen LogP contribution is 2.27. The molecule has 0 aromatic heterocycles. The average molecular weight is 451 g/mol. The Labute approximate surface area is 190 Å². The summed E-state index contributed by atoms with van der Waals surface area (Å²) in [6, 6.07) is 17.8. The van der Waals surface area contributed by atoms with Gasteiger partial charge in [-0.3, -0.25) is 19.8 Å². The molecule has 1 fully saturated rings. The van der Waals surface area contributed by atoms with E-state index in [-0.39, 0.29) is 17.3 Å². The van der Waals surface area contributed by atoms with Gasteiger partial charge in [-0.25, -0.2) is 8.78 Å². The Kier molecular flexibility index (Phi) is 6.74. The lowest BCUT2D eigenvalue weighted by Gasteiger charge is -2.38. The summed E-state index contributed by atoms with van der Waals surface area (Å²) in [6.07, 6.45) is 1.31. The molecule has 3 aromatic carbocycles. The van der Waals surface area contributed by atoms with Crippen LogP contribution in [-0.4, -0.2) is 34.9 Å². The summed E-state index contributed by atoms with van der Waals surface area (Å²) in [4.78, 5) is 27.5. The molecule has 0 saturated carbocycles. The number of carbonyl (C=O) groups is 1. The van der Waals surface area contributed by atoms with E-state index in [1.165, 1.54) is 54.6 Å². The molecule has 0 bridgehead atoms. The molecule has 0 atom stereocenters. The Morgan fingerprint density at radius 3 is 2.21 bits per heavy atom. The Bertz CT molecular complexity index is 1130. The Balaban J connectivity index is 1.49. The van der Waals surface area contributed by atoms with Gasteiger partial charge in [-0.05, 0) is 54.8 Å². The van der Waals surface area contributed by atoms with Crippen molar-refractivity contribution in [1.29, 1.82) is 0 Å². The molecule has 1 amide bonds. The van der Waals surface area contributed by atoms with Crippen LogP contribution in [0.4, 0.5) is 20.2 Å². The summed E-state index contributed by atoms with van der Waals surface area (Å²) in [6.45, 7) is 2.04. The lowest BCUT2D eigenvalue weighted by Crippen LogP contribution is -2.47. The van der Waals surface area contributed by atoms with E-state index < -0.39 is 22.5 Å². The molecule has 0 unspecified atom stereocenters. The molecule has 1 aliphatic rings. The maximum Gasteiger partial charge on any atom is 0.269 e. The van der Waals surface area contributed by atoms with Gasteiger partial charge >= 0.3 is 0 Å². The molecule has 0 aliphatic carbocycles. The van der Waals surface area contributed by atoms with Crippen LogP contribution in [0.3, 0.4) is 0 Å². The summed E-state index contributed by atoms with van der Waals surface area (Å²) in [5.41, 5.74) is 1.53. The molecule has 6 nitrogen and oxygen atoms in total. The molecule has 0 spiro atoms. The van der Waals surface area contributed by atoms with Crippen molar-refractivity contribution in [2.45, 2.75) is 25.4 Å². The third kappa shape index (κ3) is 5.23. The van der Waals surface area contributed by atoms with Crippen molar-refractivity contribution in [3.63, 3.8) is 0 Å². The van der Waals surface area contributed by atoms with Gasteiger partial charge in [-0.15, -0.1) is 0 Å². The summed E-state index contributed by atoms with van der Waals surface area (Å²) in [7, 11) is 0. The number of likely N-dealkylation sites (tertiary alicyclic amines) is 1. The van der Waals surface area contributed by atoms with Gasteiger partial charge < -0.3 is 4.90 Å². The third-order valence-electron chi connectivity index (χ3n) is 5.90. The van der Waals surface area contributed by atoms with E-state index in [2.05, 4.69) is 4.90 Å². The highest BCUT2D eigenvalue weighted by Gasteiger charge is 2.31. The number of piperidine rings is 1. The SMILES string of the molecule is O=C(c1ccccc1F)N(c1ccc(F)cc1)C1CCN(Cc2ccc([N+](=O)[O-])cc2)CC1. The molecule has 8 heteroatoms. The minimum atomic E-state index is -0.592. The normalized spacial score (nSPS) is 14.7. The average Bonchev–Trinajstić information content (AvgIpc) is 2.82. The zero-order chi connectivity index (χ0) is 23.4. The first-order valence-corrected chi connectivity index (χ1v) is 10.7. The fourth-order valence-corrected chi connectivity index (χ4v) is 4.18. The van der Waals surface area contributed by atoms with Gasteiger partial charge in [-0.2, -0.15) is 0 Å². The molecule has 0 radical (unpaired) electrons. The van der Waals surface area contributed by atoms with Crippen LogP contribution in [0.2, 0.25) is 0 Å². The fraction of sp³-hybridized carbons (Fsp3) is 0.240. The smallest absolute Gasteiger partial charge is 0.269 e. The van der Waals surface area contributed by atoms with E-state index in [4.69, 9.17) is 0 Å². The fourth-order valence-electron chi connectivity index (χ4n) is 4.18. The monoisotopic (exact) mass is 451 g/mol. The van der Waals surface area contributed by atoms with E-state index in [1.807, 2.05) is 0 Å². The number of nitrogens with zero attached hydrogens (tertiary/aromatic N) is 3. The van der Waals surface area contributed by atoms with Crippen molar-refractivity contribution in [3.05, 3.63) is 106 Å². The molecule has 1 saturated heterocycles. The second-order valence-electron chi connectivity index (χ2n) is 8.06. The number of rotatable bonds is 6. The highest BCUT2D eigenvalue weighted by atomic mass is 19.1. The molecular weight excluding hydrogens is 428 g/mol. The number of carbonyl (C=O) groups excluding carboxylic acids is 1. The van der Waals surface area contributed by atoms with Crippen LogP contribution >= 0.6 is 0 Å². The van der Waals surface area contributed by atoms with Gasteiger partial charge in [0, 0.05) is 43.5 Å². The van der Waals surface area contributed by atoms with E-state index in [9.17, 15) is 23.7 Å². The van der Waals surface area contributed by atoms with Crippen molar-refractivity contribution in [1.82, 2.24) is 4.90 Å². The van der Waals surface area contributed by atoms with Gasteiger partial charge in [0.2, 0.25) is 0 Å². The third-order valence-corrected chi connectivity index (χ3v) is 5.90. The first-order chi connectivity index (χ1) is 15.9. The van der Waals surface area contributed by atoms with Crippen molar-refractivity contribution < 1.29 is 18.5 Å². The number of anilines is 1. The van der Waals surface area contributed by atoms with Crippen molar-refractivity contribution in [2.24, 2.45) is 0 Å². The van der Waals surface area contributed by atoms with Crippen LogP contribution in [0, 0.1) is 21.7 Å². The van der Waals surface area contributed by atoms with Crippen molar-refractivity contribution in [2.75, 3.05) is 18.0 Å². The van der Waals surface area contributed by atoms with Crippen LogP contribution < -0.4 is 4.90 Å². The second kappa shape index (κ2) is 9.87. The zero-order valence-corrected chi connectivity index (χ0v) is 17.9. The molecule has 170 valence electrons. The van der Waals surface area contributed by atoms with E-state index in [0.29, 0.717) is 38.2 Å². The van der Waals surface area contributed by atoms with Crippen LogP contribution in [0.5, 0.6) is 0 Å². The van der Waals surface area contributed by atoms with Crippen LogP contribution in [0.1, 0.15) is 28.8 Å². The first-order valence-electron chi connectivity index (χ1n) is 10.7. The maximum atomic E-state index is 14.4. The standard InChI is InChI=1S/C25H23F2N3O3/c26-19-7-11-20(12-8-19)29(25(31)23-3-1-2-4-24(23)27)21-13-15-28(16-14-21)17-18-5-9-22(10-6-18)30(32)33/h1-12,21H,13-17H2. The minimum Gasteiger partial charge on any atom is -0.305 e. The predicted octanol–water partition coefficient (Wildman–Crippen LogP) is 5.18. The Morgan fingerprint density at radius 2 is 1.61 bits per heavy atom. The summed E-state index contributed by atoms with van der Waals surface area (Å²) >= 11 is 0. The molecular formula is C25H23F2N3O3. The predicted molar refractivity (Wildman–Crippen MR) is 121 cm³/mol. The largest absolute Gasteiger partial charge is 0.305 e. The summed E-state index contributed by atoms with van der Waals surface area (Å²) in [5.74, 6) is -1.45. The van der Waals surface area contributed by atoms with Gasteiger partial charge in [0.1, 0.15) is 11.6 Å². The Morgan fingerprint density at radius 1 is 0.970 bits per heavy atom. The van der Waals surface area contributed by atoms with Crippen LogP contribution in [0.15, 0.2) is 72.8 Å². The number of hydrogen-bond donors (Lipinski definition) is 0. The van der Waals surface area contributed by atoms with Gasteiger partial charge in [0.25, 0.3) is 11.6 Å². The lowest BCUT2D eigenvalue weighted by atomic mass is 10.00. The summed E-state index contributed by atoms with van der Waals surface area (Å²) < 4.78 is 27.9. The van der Waals surface area contributed by atoms with E-state index >= 15 is 0 Å². The van der Waals surface area contributed by atoms with Crippen molar-refractivity contribution >= 4 is 17.3 Å². The van der Waals surface area contributed by atoms with Crippen LogP contribution in [-0.2, 0) is 6.54 Å². The zero-order valence-electron chi connectivity index (χ0n) is 17.9. The quantitative estimate of drug-likeness (QED) is 0.382. The minimum absolute atomic E-state index is 0.0184. The number of amides is 1. The highest BCUT2D eigenvalue weighted by molar-refractivity contribution is 6.06. The second-order valence-corrected chi connectivity index (χ2v) is 8.06. The molecule has 1 aliphatic heterocycles. The molecule has 1 heterocycles. The van der Waals surface area contributed by atoms with Crippen LogP contribution in [0.25, 0.3) is 0 Å². The molecule has 33 heavy (non-hydrogen) atoms. The van der Waals surface area contributed by atoms with E-state index in [0.717, 1.165) is 5.56 Å². The summed E-state index contributed by atoms with van der Waals surface area (Å²) in [5, 5.41) is 10.8. The number of nitro groups is 1.